The summed E-state index contributed by atoms with van der Waals surface area (Å²) in [5.41, 5.74) is 9.61. The second kappa shape index (κ2) is 9.26. The third kappa shape index (κ3) is 4.82. The van der Waals surface area contributed by atoms with Crippen LogP contribution in [-0.4, -0.2) is 49.1 Å². The Labute approximate surface area is 187 Å². The van der Waals surface area contributed by atoms with E-state index in [1.807, 2.05) is 32.4 Å². The van der Waals surface area contributed by atoms with Crippen molar-refractivity contribution in [3.8, 4) is 17.0 Å². The average molecular weight is 435 g/mol. The van der Waals surface area contributed by atoms with Gasteiger partial charge < -0.3 is 20.3 Å². The molecule has 6 nitrogen and oxygen atoms in total. The minimum atomic E-state index is -0.469. The van der Waals surface area contributed by atoms with Gasteiger partial charge in [0.15, 0.2) is 0 Å². The van der Waals surface area contributed by atoms with Crippen LogP contribution in [0.15, 0.2) is 60.8 Å². The van der Waals surface area contributed by atoms with Gasteiger partial charge in [-0.25, -0.2) is 9.37 Å². The lowest BCUT2D eigenvalue weighted by atomic mass is 10.1. The molecule has 1 aromatic heterocycles. The molecule has 32 heavy (non-hydrogen) atoms. The number of carbonyl (C=O) groups excluding carboxylic acids is 1. The van der Waals surface area contributed by atoms with Crippen molar-refractivity contribution in [3.63, 3.8) is 0 Å². The van der Waals surface area contributed by atoms with Crippen LogP contribution in [0.3, 0.4) is 0 Å². The molecule has 1 fully saturated rings. The highest BCUT2D eigenvalue weighted by Gasteiger charge is 2.26. The second-order valence-electron chi connectivity index (χ2n) is 8.17. The van der Waals surface area contributed by atoms with Gasteiger partial charge in [0.05, 0.1) is 5.56 Å². The van der Waals surface area contributed by atoms with Crippen molar-refractivity contribution in [1.82, 2.24) is 9.88 Å². The molecule has 0 unspecified atom stereocenters. The minimum absolute atomic E-state index is 0.0263. The normalized spacial score (nSPS) is 14.3. The molecule has 4 rings (SSSR count). The van der Waals surface area contributed by atoms with Crippen LogP contribution in [0, 0.1) is 5.82 Å². The van der Waals surface area contributed by atoms with E-state index in [4.69, 9.17) is 10.5 Å². The standard InChI is InChI=1S/C25H27FN4O2/c1-29(2)20-7-3-17(4-8-20)18-5-10-24(28-16-18)32-21-11-13-30(14-12-21)25(31)22-15-19(26)6-9-23(22)27/h3-10,15-16,21H,11-14,27H2,1-2H3. The zero-order valence-electron chi connectivity index (χ0n) is 18.3. The SMILES string of the molecule is CN(C)c1ccc(-c2ccc(OC3CCN(C(=O)c4cc(F)ccc4N)CC3)nc2)cc1. The summed E-state index contributed by atoms with van der Waals surface area (Å²) in [6, 6.07) is 16.0. The van der Waals surface area contributed by atoms with E-state index in [0.717, 1.165) is 16.8 Å². The van der Waals surface area contributed by atoms with Crippen molar-refractivity contribution in [2.75, 3.05) is 37.8 Å². The van der Waals surface area contributed by atoms with Gasteiger partial charge in [0.25, 0.3) is 5.91 Å². The van der Waals surface area contributed by atoms with Crippen LogP contribution in [0.25, 0.3) is 11.1 Å². The van der Waals surface area contributed by atoms with Crippen LogP contribution in [0.2, 0.25) is 0 Å². The number of nitrogen functional groups attached to an aromatic ring is 1. The summed E-state index contributed by atoms with van der Waals surface area (Å²) in [6.45, 7) is 1.05. The van der Waals surface area contributed by atoms with Crippen molar-refractivity contribution in [1.29, 1.82) is 0 Å². The molecule has 0 atom stereocenters. The number of benzene rings is 2. The third-order valence-corrected chi connectivity index (χ3v) is 5.72. The molecule has 0 saturated carbocycles. The van der Waals surface area contributed by atoms with Gasteiger partial charge in [-0.3, -0.25) is 4.79 Å². The molecule has 3 aromatic rings. The van der Waals surface area contributed by atoms with E-state index < -0.39 is 5.82 Å². The van der Waals surface area contributed by atoms with Gasteiger partial charge in [-0.15, -0.1) is 0 Å². The average Bonchev–Trinajstić information content (AvgIpc) is 2.81. The first-order valence-corrected chi connectivity index (χ1v) is 10.7. The summed E-state index contributed by atoms with van der Waals surface area (Å²) in [5.74, 6) is -0.148. The molecule has 2 heterocycles. The van der Waals surface area contributed by atoms with E-state index in [1.165, 1.54) is 18.2 Å². The topological polar surface area (TPSA) is 71.7 Å². The van der Waals surface area contributed by atoms with Crippen LogP contribution >= 0.6 is 0 Å². The number of hydrogen-bond acceptors (Lipinski definition) is 5. The number of piperidine rings is 1. The largest absolute Gasteiger partial charge is 0.474 e. The van der Waals surface area contributed by atoms with Crippen LogP contribution in [-0.2, 0) is 0 Å². The number of carbonyl (C=O) groups is 1. The predicted octanol–water partition coefficient (Wildman–Crippen LogP) is 4.22. The van der Waals surface area contributed by atoms with E-state index in [1.54, 1.807) is 4.90 Å². The first-order valence-electron chi connectivity index (χ1n) is 10.7. The number of aromatic nitrogens is 1. The lowest BCUT2D eigenvalue weighted by Gasteiger charge is -2.32. The maximum atomic E-state index is 13.5. The van der Waals surface area contributed by atoms with E-state index in [2.05, 4.69) is 34.1 Å². The van der Waals surface area contributed by atoms with Crippen molar-refractivity contribution < 1.29 is 13.9 Å². The minimum Gasteiger partial charge on any atom is -0.474 e. The lowest BCUT2D eigenvalue weighted by molar-refractivity contribution is 0.0588. The second-order valence-corrected chi connectivity index (χ2v) is 8.17. The Balaban J connectivity index is 1.33. The molecule has 0 aliphatic carbocycles. The maximum absolute atomic E-state index is 13.5. The maximum Gasteiger partial charge on any atom is 0.256 e. The van der Waals surface area contributed by atoms with Crippen molar-refractivity contribution in [2.24, 2.45) is 0 Å². The zero-order chi connectivity index (χ0) is 22.7. The fourth-order valence-corrected chi connectivity index (χ4v) is 3.80. The Bertz CT molecular complexity index is 1080. The number of halogens is 1. The van der Waals surface area contributed by atoms with Gasteiger partial charge in [0.2, 0.25) is 5.88 Å². The van der Waals surface area contributed by atoms with Gasteiger partial charge >= 0.3 is 0 Å². The van der Waals surface area contributed by atoms with Gasteiger partial charge in [-0.2, -0.15) is 0 Å². The van der Waals surface area contributed by atoms with E-state index in [0.29, 0.717) is 31.8 Å². The fourth-order valence-electron chi connectivity index (χ4n) is 3.80. The number of nitrogens with zero attached hydrogens (tertiary/aromatic N) is 3. The van der Waals surface area contributed by atoms with Gasteiger partial charge in [0.1, 0.15) is 11.9 Å². The van der Waals surface area contributed by atoms with E-state index >= 15 is 0 Å². The molecule has 1 aliphatic heterocycles. The number of likely N-dealkylation sites (tertiary alicyclic amines) is 1. The highest BCUT2D eigenvalue weighted by Crippen LogP contribution is 2.25. The number of anilines is 2. The molecule has 1 amide bonds. The number of nitrogens with two attached hydrogens (primary N) is 1. The quantitative estimate of drug-likeness (QED) is 0.609. The molecule has 7 heteroatoms. The van der Waals surface area contributed by atoms with Crippen LogP contribution in [0.4, 0.5) is 15.8 Å². The molecule has 166 valence electrons. The van der Waals surface area contributed by atoms with E-state index in [9.17, 15) is 9.18 Å². The summed E-state index contributed by atoms with van der Waals surface area (Å²) in [4.78, 5) is 20.9. The summed E-state index contributed by atoms with van der Waals surface area (Å²) in [5, 5.41) is 0. The highest BCUT2D eigenvalue weighted by atomic mass is 19.1. The Morgan fingerprint density at radius 2 is 1.75 bits per heavy atom. The molecule has 1 saturated heterocycles. The van der Waals surface area contributed by atoms with E-state index in [-0.39, 0.29) is 23.3 Å². The Morgan fingerprint density at radius 1 is 1.06 bits per heavy atom. The van der Waals surface area contributed by atoms with Gasteiger partial charge in [-0.05, 0) is 42.0 Å². The first-order chi connectivity index (χ1) is 15.4. The Morgan fingerprint density at radius 3 is 2.38 bits per heavy atom. The summed E-state index contributed by atoms with van der Waals surface area (Å²) in [7, 11) is 4.03. The molecular formula is C25H27FN4O2. The molecular weight excluding hydrogens is 407 g/mol. The molecule has 2 N–H and O–H groups in total. The van der Waals surface area contributed by atoms with Crippen molar-refractivity contribution in [2.45, 2.75) is 18.9 Å². The highest BCUT2D eigenvalue weighted by molar-refractivity contribution is 5.99. The van der Waals surface area contributed by atoms with Crippen LogP contribution in [0.1, 0.15) is 23.2 Å². The van der Waals surface area contributed by atoms with Gasteiger partial charge in [-0.1, -0.05) is 12.1 Å². The fraction of sp³-hybridized carbons (Fsp3) is 0.280. The zero-order valence-corrected chi connectivity index (χ0v) is 18.3. The number of ether oxygens (including phenoxy) is 1. The first kappa shape index (κ1) is 21.6. The molecule has 0 bridgehead atoms. The Kier molecular flexibility index (Phi) is 6.25. The van der Waals surface area contributed by atoms with Crippen LogP contribution in [0.5, 0.6) is 5.88 Å². The van der Waals surface area contributed by atoms with Gasteiger partial charge in [0, 0.05) is 69.2 Å². The Hall–Kier alpha value is -3.61. The number of rotatable bonds is 5. The molecule has 2 aromatic carbocycles. The number of pyridine rings is 1. The third-order valence-electron chi connectivity index (χ3n) is 5.72. The molecule has 0 radical (unpaired) electrons. The summed E-state index contributed by atoms with van der Waals surface area (Å²) in [6.07, 6.45) is 3.14. The number of amides is 1. The van der Waals surface area contributed by atoms with Crippen molar-refractivity contribution >= 4 is 17.3 Å². The number of hydrogen-bond donors (Lipinski definition) is 1. The predicted molar refractivity (Wildman–Crippen MR) is 124 cm³/mol. The lowest BCUT2D eigenvalue weighted by Crippen LogP contribution is -2.42. The smallest absolute Gasteiger partial charge is 0.256 e. The molecule has 0 spiro atoms. The summed E-state index contributed by atoms with van der Waals surface area (Å²) >= 11 is 0. The monoisotopic (exact) mass is 434 g/mol. The summed E-state index contributed by atoms with van der Waals surface area (Å²) < 4.78 is 19.5. The van der Waals surface area contributed by atoms with Crippen LogP contribution < -0.4 is 15.4 Å². The molecule has 1 aliphatic rings. The van der Waals surface area contributed by atoms with Crippen molar-refractivity contribution in [3.05, 3.63) is 72.2 Å².